The summed E-state index contributed by atoms with van der Waals surface area (Å²) in [4.78, 5) is 22.5. The molecule has 2 rings (SSSR count). The van der Waals surface area contributed by atoms with Crippen LogP contribution in [0.15, 0.2) is 40.2 Å². The second-order valence-electron chi connectivity index (χ2n) is 3.90. The molecule has 108 valence electrons. The minimum atomic E-state index is -0.593. The summed E-state index contributed by atoms with van der Waals surface area (Å²) in [6.07, 6.45) is 1.27. The Labute approximate surface area is 119 Å². The highest BCUT2D eigenvalue weighted by atomic mass is 16.5. The van der Waals surface area contributed by atoms with E-state index in [4.69, 9.17) is 4.74 Å². The molecule has 0 saturated heterocycles. The van der Waals surface area contributed by atoms with Gasteiger partial charge in [0.25, 0.3) is 11.5 Å². The van der Waals surface area contributed by atoms with Crippen molar-refractivity contribution >= 4 is 12.1 Å². The lowest BCUT2D eigenvalue weighted by atomic mass is 10.2. The van der Waals surface area contributed by atoms with Crippen LogP contribution in [0.5, 0.6) is 11.5 Å². The molecule has 1 heterocycles. The van der Waals surface area contributed by atoms with Crippen LogP contribution >= 0.6 is 0 Å². The topological polar surface area (TPSA) is 117 Å². The molecule has 0 spiro atoms. The highest BCUT2D eigenvalue weighted by Crippen LogP contribution is 2.27. The number of H-pyrrole nitrogens is 1. The Bertz CT molecular complexity index is 719. The number of carbonyl (C=O) groups excluding carboxylic acids is 1. The number of nitrogens with one attached hydrogen (secondary N) is 2. The quantitative estimate of drug-likeness (QED) is 0.550. The van der Waals surface area contributed by atoms with Gasteiger partial charge in [0, 0.05) is 11.6 Å². The molecule has 2 aromatic rings. The van der Waals surface area contributed by atoms with E-state index in [0.29, 0.717) is 11.3 Å². The zero-order valence-electron chi connectivity index (χ0n) is 11.0. The lowest BCUT2D eigenvalue weighted by Crippen LogP contribution is -2.21. The maximum atomic E-state index is 11.7. The first-order valence-electron chi connectivity index (χ1n) is 5.87. The average Bonchev–Trinajstić information content (AvgIpc) is 2.49. The van der Waals surface area contributed by atoms with E-state index < -0.39 is 11.5 Å². The summed E-state index contributed by atoms with van der Waals surface area (Å²) in [6, 6.07) is 7.32. The molecule has 0 bridgehead atoms. The molecule has 0 aliphatic rings. The van der Waals surface area contributed by atoms with Crippen molar-refractivity contribution in [3.63, 3.8) is 0 Å². The number of hydrogen-bond acceptors (Lipinski definition) is 6. The van der Waals surface area contributed by atoms with Crippen LogP contribution in [0.3, 0.4) is 0 Å². The van der Waals surface area contributed by atoms with Crippen molar-refractivity contribution in [1.29, 1.82) is 0 Å². The third-order valence-corrected chi connectivity index (χ3v) is 2.53. The average molecular weight is 288 g/mol. The summed E-state index contributed by atoms with van der Waals surface area (Å²) in [5.74, 6) is -0.377. The smallest absolute Gasteiger partial charge is 0.291 e. The molecule has 1 aromatic heterocycles. The molecule has 0 saturated carbocycles. The van der Waals surface area contributed by atoms with Crippen LogP contribution in [-0.4, -0.2) is 34.5 Å². The van der Waals surface area contributed by atoms with Crippen LogP contribution in [0.1, 0.15) is 16.1 Å². The molecular weight excluding hydrogens is 276 g/mol. The molecule has 0 aliphatic heterocycles. The molecule has 8 nitrogen and oxygen atoms in total. The van der Waals surface area contributed by atoms with Crippen molar-refractivity contribution in [1.82, 2.24) is 15.6 Å². The van der Waals surface area contributed by atoms with E-state index in [0.717, 1.165) is 0 Å². The summed E-state index contributed by atoms with van der Waals surface area (Å²) in [6.45, 7) is 0. The van der Waals surface area contributed by atoms with E-state index in [-0.39, 0.29) is 11.4 Å². The zero-order valence-corrected chi connectivity index (χ0v) is 11.0. The number of hydrogen-bond donors (Lipinski definition) is 3. The largest absolute Gasteiger partial charge is 0.504 e. The van der Waals surface area contributed by atoms with E-state index in [9.17, 15) is 14.7 Å². The van der Waals surface area contributed by atoms with Gasteiger partial charge < -0.3 is 9.84 Å². The highest BCUT2D eigenvalue weighted by molar-refractivity contribution is 5.93. The van der Waals surface area contributed by atoms with E-state index in [1.807, 2.05) is 0 Å². The van der Waals surface area contributed by atoms with Gasteiger partial charge in [0.15, 0.2) is 17.2 Å². The fourth-order valence-electron chi connectivity index (χ4n) is 1.50. The number of carbonyl (C=O) groups is 1. The molecule has 8 heteroatoms. The van der Waals surface area contributed by atoms with Crippen LogP contribution in [0.2, 0.25) is 0 Å². The number of aromatic hydroxyl groups is 1. The number of rotatable bonds is 4. The minimum Gasteiger partial charge on any atom is -0.504 e. The van der Waals surface area contributed by atoms with Crippen molar-refractivity contribution in [3.05, 3.63) is 51.9 Å². The van der Waals surface area contributed by atoms with E-state index >= 15 is 0 Å². The number of phenolic OH excluding ortho intramolecular Hbond substituents is 1. The Kier molecular flexibility index (Phi) is 4.30. The highest BCUT2D eigenvalue weighted by Gasteiger charge is 2.07. The number of benzene rings is 1. The number of nitrogens with zero attached hydrogens (tertiary/aromatic N) is 2. The molecule has 0 radical (unpaired) electrons. The van der Waals surface area contributed by atoms with E-state index in [1.165, 1.54) is 25.5 Å². The van der Waals surface area contributed by atoms with Crippen molar-refractivity contribution in [3.8, 4) is 11.5 Å². The Hall–Kier alpha value is -3.16. The van der Waals surface area contributed by atoms with Gasteiger partial charge in [0.1, 0.15) is 0 Å². The summed E-state index contributed by atoms with van der Waals surface area (Å²) in [5.41, 5.74) is 2.21. The summed E-state index contributed by atoms with van der Waals surface area (Å²) in [5, 5.41) is 19.2. The number of methoxy groups -OCH3 is 1. The van der Waals surface area contributed by atoms with Gasteiger partial charge in [-0.3, -0.25) is 9.59 Å². The second kappa shape index (κ2) is 6.33. The summed E-state index contributed by atoms with van der Waals surface area (Å²) < 4.78 is 4.95. The number of amides is 1. The molecule has 0 aliphatic carbocycles. The normalized spacial score (nSPS) is 10.5. The van der Waals surface area contributed by atoms with Gasteiger partial charge in [-0.2, -0.15) is 10.2 Å². The first-order chi connectivity index (χ1) is 10.1. The van der Waals surface area contributed by atoms with E-state index in [1.54, 1.807) is 18.2 Å². The first kappa shape index (κ1) is 14.3. The Morgan fingerprint density at radius 2 is 2.24 bits per heavy atom. The van der Waals surface area contributed by atoms with Gasteiger partial charge in [0.05, 0.1) is 13.3 Å². The molecule has 0 unspecified atom stereocenters. The number of hydrazone groups is 1. The predicted octanol–water partition coefficient (Wildman–Crippen LogP) is 0.248. The van der Waals surface area contributed by atoms with E-state index in [2.05, 4.69) is 20.7 Å². The van der Waals surface area contributed by atoms with Crippen molar-refractivity contribution in [2.75, 3.05) is 7.11 Å². The number of phenols is 1. The SMILES string of the molecule is COc1cccc(C=NNC(=O)c2ccc(=O)[nH]n2)c1O. The number of para-hydroxylation sites is 1. The first-order valence-corrected chi connectivity index (χ1v) is 5.87. The van der Waals surface area contributed by atoms with Gasteiger partial charge in [0.2, 0.25) is 0 Å². The fourth-order valence-corrected chi connectivity index (χ4v) is 1.50. The van der Waals surface area contributed by atoms with Crippen molar-refractivity contribution in [2.24, 2.45) is 5.10 Å². The number of aromatic nitrogens is 2. The molecule has 0 atom stereocenters. The lowest BCUT2D eigenvalue weighted by molar-refractivity contribution is 0.0949. The van der Waals surface area contributed by atoms with Crippen LogP contribution in [-0.2, 0) is 0 Å². The molecule has 3 N–H and O–H groups in total. The van der Waals surface area contributed by atoms with Gasteiger partial charge in [-0.15, -0.1) is 0 Å². The molecule has 21 heavy (non-hydrogen) atoms. The molecule has 1 aromatic carbocycles. The number of aromatic amines is 1. The Balaban J connectivity index is 2.07. The standard InChI is InChI=1S/C13H12N4O4/c1-21-10-4-2-3-8(12(10)19)7-14-17-13(20)9-5-6-11(18)16-15-9/h2-7,19H,1H3,(H,16,18)(H,17,20). The Morgan fingerprint density at radius 1 is 1.43 bits per heavy atom. The zero-order chi connectivity index (χ0) is 15.2. The second-order valence-corrected chi connectivity index (χ2v) is 3.90. The molecular formula is C13H12N4O4. The van der Waals surface area contributed by atoms with Gasteiger partial charge in [-0.1, -0.05) is 6.07 Å². The maximum Gasteiger partial charge on any atom is 0.291 e. The minimum absolute atomic E-state index is 0.0154. The third-order valence-electron chi connectivity index (χ3n) is 2.53. The monoisotopic (exact) mass is 288 g/mol. The third kappa shape index (κ3) is 3.44. The Morgan fingerprint density at radius 3 is 2.90 bits per heavy atom. The fraction of sp³-hybridized carbons (Fsp3) is 0.0769. The number of ether oxygens (including phenoxy) is 1. The summed E-state index contributed by atoms with van der Waals surface area (Å²) in [7, 11) is 1.43. The molecule has 1 amide bonds. The van der Waals surface area contributed by atoms with Crippen LogP contribution < -0.4 is 15.7 Å². The van der Waals surface area contributed by atoms with Gasteiger partial charge >= 0.3 is 0 Å². The predicted molar refractivity (Wildman–Crippen MR) is 74.6 cm³/mol. The van der Waals surface area contributed by atoms with Gasteiger partial charge in [-0.05, 0) is 18.2 Å². The maximum absolute atomic E-state index is 11.7. The lowest BCUT2D eigenvalue weighted by Gasteiger charge is -2.04. The van der Waals surface area contributed by atoms with Crippen molar-refractivity contribution in [2.45, 2.75) is 0 Å². The summed E-state index contributed by atoms with van der Waals surface area (Å²) >= 11 is 0. The molecule has 0 fully saturated rings. The van der Waals surface area contributed by atoms with Crippen molar-refractivity contribution < 1.29 is 14.6 Å². The van der Waals surface area contributed by atoms with Gasteiger partial charge in [-0.25, -0.2) is 10.5 Å². The van der Waals surface area contributed by atoms with Crippen LogP contribution in [0.4, 0.5) is 0 Å². The van der Waals surface area contributed by atoms with Crippen LogP contribution in [0.25, 0.3) is 0 Å². The van der Waals surface area contributed by atoms with Crippen LogP contribution in [0, 0.1) is 0 Å².